The number of amides is 1. The van der Waals surface area contributed by atoms with Crippen molar-refractivity contribution in [2.45, 2.75) is 25.6 Å². The highest BCUT2D eigenvalue weighted by atomic mass is 16.5. The Morgan fingerprint density at radius 1 is 1.50 bits per heavy atom. The summed E-state index contributed by atoms with van der Waals surface area (Å²) in [6, 6.07) is 7.15. The van der Waals surface area contributed by atoms with E-state index in [1.165, 1.54) is 7.11 Å². The lowest BCUT2D eigenvalue weighted by Crippen LogP contribution is -2.28. The van der Waals surface area contributed by atoms with Gasteiger partial charge in [-0.1, -0.05) is 18.2 Å². The molecule has 0 heterocycles. The fourth-order valence-electron chi connectivity index (χ4n) is 1.65. The summed E-state index contributed by atoms with van der Waals surface area (Å²) < 4.78 is 5.05. The van der Waals surface area contributed by atoms with Crippen molar-refractivity contribution < 1.29 is 14.6 Å². The fourth-order valence-corrected chi connectivity index (χ4v) is 1.65. The van der Waals surface area contributed by atoms with E-state index >= 15 is 0 Å². The van der Waals surface area contributed by atoms with Crippen molar-refractivity contribution in [3.05, 3.63) is 29.8 Å². The summed E-state index contributed by atoms with van der Waals surface area (Å²) in [5.74, 6) is -0.180. The zero-order valence-electron chi connectivity index (χ0n) is 10.7. The highest BCUT2D eigenvalue weighted by Gasteiger charge is 2.14. The third kappa shape index (κ3) is 4.10. The lowest BCUT2D eigenvalue weighted by molar-refractivity contribution is -0.118. The van der Waals surface area contributed by atoms with Crippen LogP contribution >= 0.6 is 0 Å². The van der Waals surface area contributed by atoms with Gasteiger partial charge in [-0.25, -0.2) is 0 Å². The van der Waals surface area contributed by atoms with Crippen LogP contribution in [-0.4, -0.2) is 30.8 Å². The fraction of sp³-hybridized carbons (Fsp3) is 0.462. The third-order valence-electron chi connectivity index (χ3n) is 2.69. The summed E-state index contributed by atoms with van der Waals surface area (Å²) in [4.78, 5) is 11.8. The Kier molecular flexibility index (Phi) is 5.77. The molecule has 5 nitrogen and oxygen atoms in total. The van der Waals surface area contributed by atoms with Gasteiger partial charge in [0.2, 0.25) is 5.91 Å². The normalized spacial score (nSPS) is 14.0. The molecule has 0 radical (unpaired) electrons. The zero-order chi connectivity index (χ0) is 13.5. The SMILES string of the molecule is COC(CN)CC(=O)Nc1ccccc1C(C)O. The Morgan fingerprint density at radius 3 is 2.72 bits per heavy atom. The Hall–Kier alpha value is -1.43. The molecule has 100 valence electrons. The largest absolute Gasteiger partial charge is 0.389 e. The molecule has 5 heteroatoms. The summed E-state index contributed by atoms with van der Waals surface area (Å²) in [7, 11) is 1.52. The maximum absolute atomic E-state index is 11.8. The Balaban J connectivity index is 2.70. The lowest BCUT2D eigenvalue weighted by atomic mass is 10.1. The summed E-state index contributed by atoms with van der Waals surface area (Å²) >= 11 is 0. The van der Waals surface area contributed by atoms with Crippen LogP contribution < -0.4 is 11.1 Å². The van der Waals surface area contributed by atoms with E-state index in [1.54, 1.807) is 25.1 Å². The number of rotatable bonds is 6. The van der Waals surface area contributed by atoms with Gasteiger partial charge in [-0.2, -0.15) is 0 Å². The zero-order valence-corrected chi connectivity index (χ0v) is 10.7. The number of aliphatic hydroxyl groups excluding tert-OH is 1. The smallest absolute Gasteiger partial charge is 0.227 e. The first kappa shape index (κ1) is 14.6. The van der Waals surface area contributed by atoms with E-state index in [0.717, 1.165) is 0 Å². The Morgan fingerprint density at radius 2 is 2.17 bits per heavy atom. The molecule has 0 saturated heterocycles. The first-order valence-corrected chi connectivity index (χ1v) is 5.88. The van der Waals surface area contributed by atoms with Crippen molar-refractivity contribution in [3.8, 4) is 0 Å². The molecular weight excluding hydrogens is 232 g/mol. The van der Waals surface area contributed by atoms with Gasteiger partial charge in [-0.05, 0) is 13.0 Å². The van der Waals surface area contributed by atoms with Gasteiger partial charge in [0.05, 0.1) is 18.6 Å². The lowest BCUT2D eigenvalue weighted by Gasteiger charge is -2.15. The molecule has 0 aliphatic rings. The molecule has 0 saturated carbocycles. The second kappa shape index (κ2) is 7.10. The molecule has 1 aromatic rings. The van der Waals surface area contributed by atoms with E-state index in [9.17, 15) is 9.90 Å². The van der Waals surface area contributed by atoms with E-state index in [-0.39, 0.29) is 18.4 Å². The highest BCUT2D eigenvalue weighted by molar-refractivity contribution is 5.91. The second-order valence-electron chi connectivity index (χ2n) is 4.11. The first-order chi connectivity index (χ1) is 8.58. The van der Waals surface area contributed by atoms with Crippen molar-refractivity contribution in [2.75, 3.05) is 19.0 Å². The Labute approximate surface area is 107 Å². The van der Waals surface area contributed by atoms with Gasteiger partial charge < -0.3 is 20.9 Å². The molecule has 18 heavy (non-hydrogen) atoms. The van der Waals surface area contributed by atoms with Crippen LogP contribution in [0.2, 0.25) is 0 Å². The van der Waals surface area contributed by atoms with Crippen LogP contribution in [0.25, 0.3) is 0 Å². The van der Waals surface area contributed by atoms with Crippen molar-refractivity contribution in [1.29, 1.82) is 0 Å². The van der Waals surface area contributed by atoms with Crippen molar-refractivity contribution >= 4 is 11.6 Å². The topological polar surface area (TPSA) is 84.6 Å². The molecular formula is C13H20N2O3. The molecule has 0 fully saturated rings. The number of para-hydroxylation sites is 1. The molecule has 2 unspecified atom stereocenters. The van der Waals surface area contributed by atoms with Crippen molar-refractivity contribution in [1.82, 2.24) is 0 Å². The molecule has 0 aliphatic heterocycles. The van der Waals surface area contributed by atoms with Gasteiger partial charge in [-0.15, -0.1) is 0 Å². The molecule has 1 rings (SSSR count). The quantitative estimate of drug-likeness (QED) is 0.706. The molecule has 2 atom stereocenters. The monoisotopic (exact) mass is 252 g/mol. The average Bonchev–Trinajstić information content (AvgIpc) is 2.36. The van der Waals surface area contributed by atoms with Gasteiger partial charge in [-0.3, -0.25) is 4.79 Å². The predicted molar refractivity (Wildman–Crippen MR) is 70.2 cm³/mol. The number of methoxy groups -OCH3 is 1. The van der Waals surface area contributed by atoms with E-state index in [1.807, 2.05) is 6.07 Å². The van der Waals surface area contributed by atoms with Crippen molar-refractivity contribution in [3.63, 3.8) is 0 Å². The summed E-state index contributed by atoms with van der Waals surface area (Å²) in [5.41, 5.74) is 6.76. The van der Waals surface area contributed by atoms with Crippen LogP contribution in [0.15, 0.2) is 24.3 Å². The Bertz CT molecular complexity index is 390. The molecule has 0 spiro atoms. The number of carbonyl (C=O) groups is 1. The van der Waals surface area contributed by atoms with Gasteiger partial charge in [0.1, 0.15) is 0 Å². The minimum absolute atomic E-state index is 0.180. The summed E-state index contributed by atoms with van der Waals surface area (Å²) in [5, 5.41) is 12.4. The molecule has 0 aliphatic carbocycles. The number of hydrogen-bond acceptors (Lipinski definition) is 4. The number of anilines is 1. The van der Waals surface area contributed by atoms with Crippen LogP contribution in [-0.2, 0) is 9.53 Å². The summed E-state index contributed by atoms with van der Waals surface area (Å²) in [6.45, 7) is 1.95. The predicted octanol–water partition coefficient (Wildman–Crippen LogP) is 1.04. The number of nitrogens with one attached hydrogen (secondary N) is 1. The highest BCUT2D eigenvalue weighted by Crippen LogP contribution is 2.22. The number of aliphatic hydroxyl groups is 1. The van der Waals surface area contributed by atoms with E-state index in [2.05, 4.69) is 5.32 Å². The van der Waals surface area contributed by atoms with Crippen LogP contribution in [0, 0.1) is 0 Å². The van der Waals surface area contributed by atoms with E-state index in [4.69, 9.17) is 10.5 Å². The first-order valence-electron chi connectivity index (χ1n) is 5.88. The maximum Gasteiger partial charge on any atom is 0.227 e. The second-order valence-corrected chi connectivity index (χ2v) is 4.11. The number of carbonyl (C=O) groups excluding carboxylic acids is 1. The number of hydrogen-bond donors (Lipinski definition) is 3. The van der Waals surface area contributed by atoms with Gasteiger partial charge >= 0.3 is 0 Å². The van der Waals surface area contributed by atoms with Gasteiger partial charge in [0, 0.05) is 24.9 Å². The maximum atomic E-state index is 11.8. The van der Waals surface area contributed by atoms with Crippen LogP contribution in [0.3, 0.4) is 0 Å². The minimum atomic E-state index is -0.630. The number of nitrogens with two attached hydrogens (primary N) is 1. The molecule has 1 amide bonds. The summed E-state index contributed by atoms with van der Waals surface area (Å²) in [6.07, 6.45) is -0.723. The molecule has 0 aromatic heterocycles. The molecule has 1 aromatic carbocycles. The number of ether oxygens (including phenoxy) is 1. The van der Waals surface area contributed by atoms with Gasteiger partial charge in [0.15, 0.2) is 0 Å². The van der Waals surface area contributed by atoms with Crippen LogP contribution in [0.1, 0.15) is 25.0 Å². The van der Waals surface area contributed by atoms with Crippen LogP contribution in [0.5, 0.6) is 0 Å². The van der Waals surface area contributed by atoms with Crippen molar-refractivity contribution in [2.24, 2.45) is 5.73 Å². The average molecular weight is 252 g/mol. The molecule has 4 N–H and O–H groups in total. The minimum Gasteiger partial charge on any atom is -0.389 e. The van der Waals surface area contributed by atoms with E-state index in [0.29, 0.717) is 17.8 Å². The van der Waals surface area contributed by atoms with Gasteiger partial charge in [0.25, 0.3) is 0 Å². The number of benzene rings is 1. The van der Waals surface area contributed by atoms with E-state index < -0.39 is 6.10 Å². The molecule has 0 bridgehead atoms. The van der Waals surface area contributed by atoms with Crippen LogP contribution in [0.4, 0.5) is 5.69 Å². The third-order valence-corrected chi connectivity index (χ3v) is 2.69. The standard InChI is InChI=1S/C13H20N2O3/c1-9(16)11-5-3-4-6-12(11)15-13(17)7-10(8-14)18-2/h3-6,9-10,16H,7-8,14H2,1-2H3,(H,15,17).